The van der Waals surface area contributed by atoms with Gasteiger partial charge in [-0.1, -0.05) is 26.7 Å². The van der Waals surface area contributed by atoms with Crippen LogP contribution in [0.4, 0.5) is 0 Å². The van der Waals surface area contributed by atoms with E-state index in [-0.39, 0.29) is 47.5 Å². The van der Waals surface area contributed by atoms with Crippen LogP contribution < -0.4 is 34.7 Å². The van der Waals surface area contributed by atoms with E-state index >= 15 is 0 Å². The molecule has 0 aromatic carbocycles. The number of carbonyl (C=O) groups excluding carboxylic acids is 1. The molecule has 0 aliphatic heterocycles. The molecule has 0 aromatic heterocycles. The van der Waals surface area contributed by atoms with Crippen LogP contribution in [0.25, 0.3) is 0 Å². The fraction of sp³-hybridized carbons (Fsp3) is 0.923. The molecule has 0 heterocycles. The van der Waals surface area contributed by atoms with E-state index in [0.29, 0.717) is 11.8 Å². The monoisotopic (exact) mass is 250 g/mol. The van der Waals surface area contributed by atoms with Crippen molar-refractivity contribution >= 4 is 5.97 Å². The van der Waals surface area contributed by atoms with E-state index < -0.39 is 5.97 Å². The topological polar surface area (TPSA) is 60.4 Å². The third-order valence-electron chi connectivity index (χ3n) is 4.06. The van der Waals surface area contributed by atoms with E-state index in [0.717, 1.165) is 25.7 Å². The third-order valence-corrected chi connectivity index (χ3v) is 4.06. The molecule has 17 heavy (non-hydrogen) atoms. The van der Waals surface area contributed by atoms with Gasteiger partial charge in [0.05, 0.1) is 6.10 Å². The number of hydrogen-bond donors (Lipinski definition) is 1. The number of carboxylic acid groups (broad SMARTS) is 1. The first-order valence-corrected chi connectivity index (χ1v) is 6.23. The predicted octanol–water partition coefficient (Wildman–Crippen LogP) is -1.66. The minimum Gasteiger partial charge on any atom is -0.550 e. The Bertz CT molecular complexity index is 251. The number of carboxylic acids is 1. The summed E-state index contributed by atoms with van der Waals surface area (Å²) >= 11 is 0. The van der Waals surface area contributed by atoms with Crippen LogP contribution in [0.3, 0.4) is 0 Å². The second kappa shape index (κ2) is 7.13. The maximum atomic E-state index is 10.6. The molecule has 94 valence electrons. The maximum absolute atomic E-state index is 10.6. The molecule has 0 radical (unpaired) electrons. The maximum Gasteiger partial charge on any atom is 1.00 e. The van der Waals surface area contributed by atoms with E-state index in [4.69, 9.17) is 5.11 Å². The van der Waals surface area contributed by atoms with Crippen LogP contribution in [0, 0.1) is 17.3 Å². The Hall–Kier alpha value is 0.430. The largest absolute Gasteiger partial charge is 1.00 e. The standard InChI is InChI=1S/C13H24O3.Na/c1-9(14)6-4-5-7-10-11(8-12(15)16)13(10,2)3;/h9-11,14H,4-8H2,1-3H3,(H,15,16);/q;+1/p-1. The van der Waals surface area contributed by atoms with Crippen molar-refractivity contribution < 1.29 is 44.6 Å². The number of hydrogen-bond acceptors (Lipinski definition) is 3. The number of carbonyl (C=O) groups is 1. The molecule has 1 aliphatic carbocycles. The Labute approximate surface area is 126 Å². The Kier molecular flexibility index (Phi) is 7.31. The summed E-state index contributed by atoms with van der Waals surface area (Å²) in [4.78, 5) is 10.6. The molecule has 0 aromatic rings. The first-order valence-electron chi connectivity index (χ1n) is 6.23. The molecule has 0 amide bonds. The molecule has 1 rings (SSSR count). The summed E-state index contributed by atoms with van der Waals surface area (Å²) in [5.74, 6) is -0.104. The zero-order valence-electron chi connectivity index (χ0n) is 11.5. The van der Waals surface area contributed by atoms with Gasteiger partial charge in [0, 0.05) is 5.97 Å². The summed E-state index contributed by atoms with van der Waals surface area (Å²) in [5, 5.41) is 19.7. The molecule has 4 heteroatoms. The van der Waals surface area contributed by atoms with Gasteiger partial charge in [-0.15, -0.1) is 0 Å². The number of aliphatic carboxylic acids is 1. The van der Waals surface area contributed by atoms with Crippen LogP contribution in [-0.4, -0.2) is 17.2 Å². The smallest absolute Gasteiger partial charge is 0.550 e. The number of aliphatic hydroxyl groups excluding tert-OH is 1. The summed E-state index contributed by atoms with van der Waals surface area (Å²) in [6.45, 7) is 6.08. The van der Waals surface area contributed by atoms with Gasteiger partial charge in [0.25, 0.3) is 0 Å². The average Bonchev–Trinajstić information content (AvgIpc) is 2.61. The molecule has 1 fully saturated rings. The summed E-state index contributed by atoms with van der Waals surface area (Å²) < 4.78 is 0. The van der Waals surface area contributed by atoms with Crippen LogP contribution in [0.1, 0.15) is 52.9 Å². The minimum absolute atomic E-state index is 0. The predicted molar refractivity (Wildman–Crippen MR) is 60.5 cm³/mol. The van der Waals surface area contributed by atoms with E-state index in [2.05, 4.69) is 13.8 Å². The van der Waals surface area contributed by atoms with Crippen molar-refractivity contribution in [2.75, 3.05) is 0 Å². The normalized spacial score (nSPS) is 27.1. The first kappa shape index (κ1) is 17.4. The summed E-state index contributed by atoms with van der Waals surface area (Å²) in [6.07, 6.45) is 4.03. The Balaban J connectivity index is 0.00000256. The zero-order chi connectivity index (χ0) is 12.3. The molecular weight excluding hydrogens is 227 g/mol. The van der Waals surface area contributed by atoms with Crippen molar-refractivity contribution in [1.29, 1.82) is 0 Å². The number of aliphatic hydroxyl groups is 1. The van der Waals surface area contributed by atoms with Crippen LogP contribution in [-0.2, 0) is 4.79 Å². The Morgan fingerprint density at radius 1 is 1.35 bits per heavy atom. The third kappa shape index (κ3) is 5.29. The minimum atomic E-state index is -0.926. The fourth-order valence-electron chi connectivity index (χ4n) is 2.82. The van der Waals surface area contributed by atoms with Gasteiger partial charge in [-0.2, -0.15) is 0 Å². The van der Waals surface area contributed by atoms with Crippen molar-refractivity contribution in [3.63, 3.8) is 0 Å². The van der Waals surface area contributed by atoms with Gasteiger partial charge in [0.15, 0.2) is 0 Å². The molecule has 1 aliphatic rings. The van der Waals surface area contributed by atoms with Crippen molar-refractivity contribution in [2.45, 2.75) is 59.0 Å². The van der Waals surface area contributed by atoms with Crippen molar-refractivity contribution in [2.24, 2.45) is 17.3 Å². The van der Waals surface area contributed by atoms with Gasteiger partial charge < -0.3 is 15.0 Å². The number of rotatable bonds is 7. The molecule has 3 nitrogen and oxygen atoms in total. The van der Waals surface area contributed by atoms with Crippen molar-refractivity contribution in [3.05, 3.63) is 0 Å². The summed E-state index contributed by atoms with van der Waals surface area (Å²) in [6, 6.07) is 0. The molecule has 1 saturated carbocycles. The fourth-order valence-corrected chi connectivity index (χ4v) is 2.82. The molecule has 1 N–H and O–H groups in total. The SMILES string of the molecule is CC(O)CCCCC1C(CC(=O)[O-])C1(C)C.[Na+]. The van der Waals surface area contributed by atoms with Gasteiger partial charge >= 0.3 is 29.6 Å². The molecular formula is C13H23NaO3. The van der Waals surface area contributed by atoms with Crippen LogP contribution in [0.15, 0.2) is 0 Å². The second-order valence-electron chi connectivity index (χ2n) is 5.74. The van der Waals surface area contributed by atoms with E-state index in [1.54, 1.807) is 6.92 Å². The zero-order valence-corrected chi connectivity index (χ0v) is 13.5. The van der Waals surface area contributed by atoms with Crippen molar-refractivity contribution in [1.82, 2.24) is 0 Å². The average molecular weight is 250 g/mol. The molecule has 0 bridgehead atoms. The van der Waals surface area contributed by atoms with Crippen LogP contribution in [0.5, 0.6) is 0 Å². The summed E-state index contributed by atoms with van der Waals surface area (Å²) in [7, 11) is 0. The molecule has 0 spiro atoms. The molecule has 0 saturated heterocycles. The van der Waals surface area contributed by atoms with E-state index in [1.165, 1.54) is 0 Å². The quantitative estimate of drug-likeness (QED) is 0.435. The first-order chi connectivity index (χ1) is 7.35. The molecule has 3 unspecified atom stereocenters. The van der Waals surface area contributed by atoms with E-state index in [1.807, 2.05) is 0 Å². The van der Waals surface area contributed by atoms with E-state index in [9.17, 15) is 9.90 Å². The second-order valence-corrected chi connectivity index (χ2v) is 5.74. The summed E-state index contributed by atoms with van der Waals surface area (Å²) in [5.41, 5.74) is 0.172. The van der Waals surface area contributed by atoms with Crippen LogP contribution in [0.2, 0.25) is 0 Å². The Morgan fingerprint density at radius 3 is 2.41 bits per heavy atom. The number of unbranched alkanes of at least 4 members (excludes halogenated alkanes) is 1. The van der Waals surface area contributed by atoms with Gasteiger partial charge in [0.1, 0.15) is 0 Å². The Morgan fingerprint density at radius 2 is 1.94 bits per heavy atom. The van der Waals surface area contributed by atoms with Gasteiger partial charge in [0.2, 0.25) is 0 Å². The van der Waals surface area contributed by atoms with Gasteiger partial charge in [-0.05, 0) is 43.4 Å². The molecule has 3 atom stereocenters. The van der Waals surface area contributed by atoms with Gasteiger partial charge in [-0.25, -0.2) is 0 Å². The van der Waals surface area contributed by atoms with Crippen molar-refractivity contribution in [3.8, 4) is 0 Å². The van der Waals surface area contributed by atoms with Crippen LogP contribution >= 0.6 is 0 Å². The van der Waals surface area contributed by atoms with Gasteiger partial charge in [-0.3, -0.25) is 0 Å².